The quantitative estimate of drug-likeness (QED) is 0.355. The molecule has 0 aliphatic rings. The lowest BCUT2D eigenvalue weighted by Crippen LogP contribution is -2.24. The molecule has 2 N–H and O–H groups in total. The smallest absolute Gasteiger partial charge is 0.0836 e. The molecule has 0 unspecified atom stereocenters. The predicted octanol–water partition coefficient (Wildman–Crippen LogP) is 3.05. The first-order chi connectivity index (χ1) is 11.6. The maximum atomic E-state index is 10.2. The van der Waals surface area contributed by atoms with E-state index in [0.717, 1.165) is 12.8 Å². The largest absolute Gasteiger partial charge is 0.550 e. The third-order valence-electron chi connectivity index (χ3n) is 3.70. The molecule has 0 spiro atoms. The number of aliphatic carboxylic acids is 1. The van der Waals surface area contributed by atoms with E-state index in [1.807, 2.05) is 18.2 Å². The van der Waals surface area contributed by atoms with Crippen LogP contribution in [0.2, 0.25) is 0 Å². The number of allylic oxidation sites excluding steroid dienone is 4. The number of rotatable bonds is 15. The number of aliphatic hydroxyl groups excluding tert-OH is 2. The van der Waals surface area contributed by atoms with Crippen molar-refractivity contribution >= 4 is 5.97 Å². The fraction of sp³-hybridized carbons (Fsp3) is 0.650. The predicted molar refractivity (Wildman–Crippen MR) is 96.3 cm³/mol. The van der Waals surface area contributed by atoms with Crippen LogP contribution in [0.3, 0.4) is 0 Å². The van der Waals surface area contributed by atoms with Crippen molar-refractivity contribution in [2.75, 3.05) is 0 Å². The Morgan fingerprint density at radius 2 is 1.42 bits per heavy atom. The zero-order chi connectivity index (χ0) is 18.0. The van der Waals surface area contributed by atoms with Crippen LogP contribution in [-0.2, 0) is 4.79 Å². The van der Waals surface area contributed by atoms with Crippen LogP contribution in [0.5, 0.6) is 0 Å². The van der Waals surface area contributed by atoms with Gasteiger partial charge in [0.25, 0.3) is 0 Å². The maximum absolute atomic E-state index is 10.2. The van der Waals surface area contributed by atoms with E-state index in [4.69, 9.17) is 0 Å². The number of carboxylic acid groups (broad SMARTS) is 1. The van der Waals surface area contributed by atoms with E-state index in [-0.39, 0.29) is 6.42 Å². The summed E-state index contributed by atoms with van der Waals surface area (Å²) >= 11 is 0. The lowest BCUT2D eigenvalue weighted by atomic mass is 10.1. The monoisotopic (exact) mass is 337 g/mol. The molecular formula is C20H33O4-. The summed E-state index contributed by atoms with van der Waals surface area (Å²) in [6.07, 6.45) is 18.0. The van der Waals surface area contributed by atoms with Crippen LogP contribution < -0.4 is 5.11 Å². The average molecular weight is 337 g/mol. The normalized spacial score (nSPS) is 14.8. The molecule has 0 amide bonds. The molecule has 0 fully saturated rings. The Labute approximate surface area is 146 Å². The van der Waals surface area contributed by atoms with Crippen molar-refractivity contribution in [2.24, 2.45) is 0 Å². The maximum Gasteiger partial charge on any atom is 0.0836 e. The summed E-state index contributed by atoms with van der Waals surface area (Å²) < 4.78 is 0. The van der Waals surface area contributed by atoms with Gasteiger partial charge in [-0.15, -0.1) is 0 Å². The Hall–Kier alpha value is -1.39. The Morgan fingerprint density at radius 1 is 0.875 bits per heavy atom. The number of carbonyl (C=O) groups is 1. The highest BCUT2D eigenvalue weighted by Crippen LogP contribution is 2.07. The minimum Gasteiger partial charge on any atom is -0.550 e. The summed E-state index contributed by atoms with van der Waals surface area (Å²) in [6.45, 7) is 2.19. The van der Waals surface area contributed by atoms with Gasteiger partial charge >= 0.3 is 0 Å². The minimum atomic E-state index is -1.04. The third kappa shape index (κ3) is 15.5. The number of unbranched alkanes of at least 4 members (excludes halogenated alkanes) is 4. The standard InChI is InChI=1S/C20H34O4/c1-2-3-4-5-6-7-8-9-12-15-18(21)19(22)16-13-10-11-14-17-20(23)24/h6-7,9-10,12-13,18-19,21-22H,2-5,8,11,14-17H2,1H3,(H,23,24)/p-1/b7-6-,12-9-,13-10-/t18-,19-/m1/s1. The van der Waals surface area contributed by atoms with Gasteiger partial charge in [0.1, 0.15) is 0 Å². The van der Waals surface area contributed by atoms with Crippen molar-refractivity contribution in [1.29, 1.82) is 0 Å². The van der Waals surface area contributed by atoms with Crippen molar-refractivity contribution in [2.45, 2.75) is 83.3 Å². The summed E-state index contributed by atoms with van der Waals surface area (Å²) in [5, 5.41) is 29.9. The summed E-state index contributed by atoms with van der Waals surface area (Å²) in [7, 11) is 0. The van der Waals surface area contributed by atoms with Gasteiger partial charge in [0.15, 0.2) is 0 Å². The Morgan fingerprint density at radius 3 is 2.04 bits per heavy atom. The molecule has 138 valence electrons. The molecule has 0 aliphatic carbocycles. The van der Waals surface area contributed by atoms with Crippen LogP contribution in [0, 0.1) is 0 Å². The SMILES string of the molecule is CCCCC/C=C\C/C=C\C[C@@H](O)[C@H](O)C/C=C\CCCC(=O)[O-]. The van der Waals surface area contributed by atoms with Crippen molar-refractivity contribution in [1.82, 2.24) is 0 Å². The molecule has 0 bridgehead atoms. The molecule has 0 aromatic rings. The molecule has 0 radical (unpaired) electrons. The lowest BCUT2D eigenvalue weighted by Gasteiger charge is -2.14. The van der Waals surface area contributed by atoms with Crippen LogP contribution >= 0.6 is 0 Å². The minimum absolute atomic E-state index is 0.0490. The molecule has 24 heavy (non-hydrogen) atoms. The summed E-state index contributed by atoms with van der Waals surface area (Å²) in [4.78, 5) is 10.2. The summed E-state index contributed by atoms with van der Waals surface area (Å²) in [6, 6.07) is 0. The van der Waals surface area contributed by atoms with Crippen LogP contribution in [0.1, 0.15) is 71.1 Å². The number of hydrogen-bond acceptors (Lipinski definition) is 4. The highest BCUT2D eigenvalue weighted by molar-refractivity contribution is 5.64. The number of aliphatic hydroxyl groups is 2. The zero-order valence-corrected chi connectivity index (χ0v) is 14.9. The van der Waals surface area contributed by atoms with Crippen molar-refractivity contribution in [3.05, 3.63) is 36.5 Å². The van der Waals surface area contributed by atoms with Gasteiger partial charge in [-0.3, -0.25) is 0 Å². The second kappa shape index (κ2) is 16.5. The third-order valence-corrected chi connectivity index (χ3v) is 3.70. The van der Waals surface area contributed by atoms with Gasteiger partial charge < -0.3 is 20.1 Å². The highest BCUT2D eigenvalue weighted by Gasteiger charge is 2.12. The molecule has 4 nitrogen and oxygen atoms in total. The van der Waals surface area contributed by atoms with Crippen LogP contribution in [0.4, 0.5) is 0 Å². The molecule has 4 heteroatoms. The lowest BCUT2D eigenvalue weighted by molar-refractivity contribution is -0.305. The second-order valence-electron chi connectivity index (χ2n) is 6.02. The van der Waals surface area contributed by atoms with E-state index in [2.05, 4.69) is 19.1 Å². The van der Waals surface area contributed by atoms with E-state index in [1.165, 1.54) is 19.3 Å². The van der Waals surface area contributed by atoms with Crippen molar-refractivity contribution in [3.63, 3.8) is 0 Å². The first-order valence-corrected chi connectivity index (χ1v) is 9.08. The van der Waals surface area contributed by atoms with Gasteiger partial charge in [-0.2, -0.15) is 0 Å². The molecule has 0 aliphatic heterocycles. The zero-order valence-electron chi connectivity index (χ0n) is 14.9. The van der Waals surface area contributed by atoms with Gasteiger partial charge in [-0.05, 0) is 51.4 Å². The van der Waals surface area contributed by atoms with Crippen molar-refractivity contribution in [3.8, 4) is 0 Å². The Balaban J connectivity index is 3.70. The fourth-order valence-electron chi connectivity index (χ4n) is 2.17. The van der Waals surface area contributed by atoms with Gasteiger partial charge in [0.2, 0.25) is 0 Å². The average Bonchev–Trinajstić information content (AvgIpc) is 2.55. The fourth-order valence-corrected chi connectivity index (χ4v) is 2.17. The van der Waals surface area contributed by atoms with Gasteiger partial charge in [0.05, 0.1) is 12.2 Å². The van der Waals surface area contributed by atoms with Gasteiger partial charge in [-0.25, -0.2) is 0 Å². The number of carboxylic acids is 1. The molecular weight excluding hydrogens is 304 g/mol. The van der Waals surface area contributed by atoms with Crippen LogP contribution in [0.25, 0.3) is 0 Å². The summed E-state index contributed by atoms with van der Waals surface area (Å²) in [5.74, 6) is -1.04. The molecule has 0 rings (SSSR count). The van der Waals surface area contributed by atoms with E-state index >= 15 is 0 Å². The molecule has 0 aromatic carbocycles. The molecule has 0 saturated carbocycles. The van der Waals surface area contributed by atoms with Gasteiger partial charge in [0, 0.05) is 5.97 Å². The second-order valence-corrected chi connectivity index (χ2v) is 6.02. The molecule has 0 aromatic heterocycles. The molecule has 0 heterocycles. The topological polar surface area (TPSA) is 80.6 Å². The van der Waals surface area contributed by atoms with E-state index in [0.29, 0.717) is 25.7 Å². The van der Waals surface area contributed by atoms with E-state index in [1.54, 1.807) is 6.08 Å². The van der Waals surface area contributed by atoms with E-state index < -0.39 is 18.2 Å². The summed E-state index contributed by atoms with van der Waals surface area (Å²) in [5.41, 5.74) is 0. The molecule has 0 saturated heterocycles. The Kier molecular flexibility index (Phi) is 15.5. The van der Waals surface area contributed by atoms with Crippen LogP contribution in [0.15, 0.2) is 36.5 Å². The van der Waals surface area contributed by atoms with E-state index in [9.17, 15) is 20.1 Å². The first-order valence-electron chi connectivity index (χ1n) is 9.08. The highest BCUT2D eigenvalue weighted by atomic mass is 16.4. The molecule has 2 atom stereocenters. The number of carbonyl (C=O) groups excluding carboxylic acids is 1. The van der Waals surface area contributed by atoms with Crippen LogP contribution in [-0.4, -0.2) is 28.4 Å². The number of hydrogen-bond donors (Lipinski definition) is 2. The Bertz CT molecular complexity index is 385. The van der Waals surface area contributed by atoms with Gasteiger partial charge in [-0.1, -0.05) is 56.2 Å². The first kappa shape index (κ1) is 22.6. The van der Waals surface area contributed by atoms with Crippen molar-refractivity contribution < 1.29 is 20.1 Å².